The first kappa shape index (κ1) is 15.9. The van der Waals surface area contributed by atoms with E-state index in [1.807, 2.05) is 0 Å². The second-order valence-electron chi connectivity index (χ2n) is 6.82. The van der Waals surface area contributed by atoms with Crippen molar-refractivity contribution in [2.24, 2.45) is 11.8 Å². The molecule has 22 heavy (non-hydrogen) atoms. The van der Waals surface area contributed by atoms with Crippen molar-refractivity contribution in [3.63, 3.8) is 0 Å². The summed E-state index contributed by atoms with van der Waals surface area (Å²) in [6.07, 6.45) is 8.80. The van der Waals surface area contributed by atoms with E-state index in [0.717, 1.165) is 19.3 Å². The number of hydrogen-bond acceptors (Lipinski definition) is 5. The molecule has 0 amide bonds. The Kier molecular flexibility index (Phi) is 4.83. The zero-order valence-corrected chi connectivity index (χ0v) is 13.3. The SMILES string of the molecule is CCCCCCCCOC[C@@]12CC[C@@H](O1)C1C(=O)OC(=O)C12. The summed E-state index contributed by atoms with van der Waals surface area (Å²) in [7, 11) is 0. The molecule has 3 aliphatic rings. The van der Waals surface area contributed by atoms with E-state index in [4.69, 9.17) is 14.2 Å². The highest BCUT2D eigenvalue weighted by molar-refractivity contribution is 5.98. The van der Waals surface area contributed by atoms with Crippen LogP contribution in [-0.4, -0.2) is 36.9 Å². The van der Waals surface area contributed by atoms with Gasteiger partial charge in [-0.3, -0.25) is 9.59 Å². The number of esters is 2. The largest absolute Gasteiger partial charge is 0.393 e. The molecule has 2 bridgehead atoms. The van der Waals surface area contributed by atoms with Crippen LogP contribution in [0.2, 0.25) is 0 Å². The van der Waals surface area contributed by atoms with Gasteiger partial charge in [0.2, 0.25) is 0 Å². The van der Waals surface area contributed by atoms with Gasteiger partial charge in [-0.25, -0.2) is 0 Å². The summed E-state index contributed by atoms with van der Waals surface area (Å²) >= 11 is 0. The topological polar surface area (TPSA) is 61.8 Å². The van der Waals surface area contributed by atoms with E-state index >= 15 is 0 Å². The first-order valence-corrected chi connectivity index (χ1v) is 8.69. The van der Waals surface area contributed by atoms with Gasteiger partial charge in [0.1, 0.15) is 11.5 Å². The molecule has 3 fully saturated rings. The minimum absolute atomic E-state index is 0.151. The lowest BCUT2D eigenvalue weighted by Gasteiger charge is -2.29. The standard InChI is InChI=1S/C17H26O5/c1-2-3-4-5-6-7-10-20-11-17-9-8-12(22-17)13-14(17)16(19)21-15(13)18/h12-14H,2-11H2,1H3/t12-,13?,14?,17-/m1/s1. The first-order chi connectivity index (χ1) is 10.7. The molecular weight excluding hydrogens is 284 g/mol. The molecule has 0 aliphatic carbocycles. The van der Waals surface area contributed by atoms with Crippen LogP contribution in [0, 0.1) is 11.8 Å². The molecule has 4 atom stereocenters. The van der Waals surface area contributed by atoms with Gasteiger partial charge in [-0.1, -0.05) is 39.0 Å². The van der Waals surface area contributed by atoms with Gasteiger partial charge in [0, 0.05) is 6.61 Å². The quantitative estimate of drug-likeness (QED) is 0.372. The van der Waals surface area contributed by atoms with E-state index < -0.39 is 23.5 Å². The lowest BCUT2D eigenvalue weighted by molar-refractivity contribution is -0.161. The minimum Gasteiger partial charge on any atom is -0.393 e. The fourth-order valence-corrected chi connectivity index (χ4v) is 4.13. The van der Waals surface area contributed by atoms with Crippen molar-refractivity contribution < 1.29 is 23.8 Å². The summed E-state index contributed by atoms with van der Waals surface area (Å²) in [4.78, 5) is 23.7. The van der Waals surface area contributed by atoms with E-state index in [9.17, 15) is 9.59 Å². The average molecular weight is 310 g/mol. The molecule has 0 radical (unpaired) electrons. The van der Waals surface area contributed by atoms with Crippen molar-refractivity contribution in [3.8, 4) is 0 Å². The smallest absolute Gasteiger partial charge is 0.320 e. The Hall–Kier alpha value is -0.940. The van der Waals surface area contributed by atoms with Crippen LogP contribution in [0.3, 0.4) is 0 Å². The van der Waals surface area contributed by atoms with Gasteiger partial charge in [-0.2, -0.15) is 0 Å². The van der Waals surface area contributed by atoms with Crippen LogP contribution in [0.5, 0.6) is 0 Å². The summed E-state index contributed by atoms with van der Waals surface area (Å²) in [5.41, 5.74) is -0.610. The second-order valence-corrected chi connectivity index (χ2v) is 6.82. The fraction of sp³-hybridized carbons (Fsp3) is 0.882. The zero-order valence-electron chi connectivity index (χ0n) is 13.3. The van der Waals surface area contributed by atoms with Crippen LogP contribution in [0.25, 0.3) is 0 Å². The summed E-state index contributed by atoms with van der Waals surface area (Å²) in [5.74, 6) is -1.65. The van der Waals surface area contributed by atoms with Crippen LogP contribution >= 0.6 is 0 Å². The molecule has 3 rings (SSSR count). The molecule has 0 spiro atoms. The van der Waals surface area contributed by atoms with E-state index in [2.05, 4.69) is 6.92 Å². The molecule has 0 N–H and O–H groups in total. The molecule has 3 aliphatic heterocycles. The van der Waals surface area contributed by atoms with E-state index in [1.165, 1.54) is 32.1 Å². The van der Waals surface area contributed by atoms with Gasteiger partial charge in [-0.05, 0) is 19.3 Å². The summed E-state index contributed by atoms with van der Waals surface area (Å²) in [5, 5.41) is 0. The van der Waals surface area contributed by atoms with Gasteiger partial charge in [0.15, 0.2) is 0 Å². The number of carbonyl (C=O) groups is 2. The molecule has 0 saturated carbocycles. The van der Waals surface area contributed by atoms with Crippen LogP contribution in [0.4, 0.5) is 0 Å². The van der Waals surface area contributed by atoms with Gasteiger partial charge in [0.25, 0.3) is 0 Å². The third kappa shape index (κ3) is 2.81. The average Bonchev–Trinajstić information content (AvgIpc) is 3.14. The van der Waals surface area contributed by atoms with Gasteiger partial charge >= 0.3 is 11.9 Å². The predicted octanol–water partition coefficient (Wildman–Crippen LogP) is 2.61. The van der Waals surface area contributed by atoms with Crippen LogP contribution in [0.15, 0.2) is 0 Å². The fourth-order valence-electron chi connectivity index (χ4n) is 4.13. The third-order valence-corrected chi connectivity index (χ3v) is 5.28. The van der Waals surface area contributed by atoms with Crippen LogP contribution in [0.1, 0.15) is 58.3 Å². The van der Waals surface area contributed by atoms with Crippen molar-refractivity contribution in [2.75, 3.05) is 13.2 Å². The number of fused-ring (bicyclic) bond motifs is 5. The van der Waals surface area contributed by atoms with Gasteiger partial charge < -0.3 is 14.2 Å². The van der Waals surface area contributed by atoms with E-state index in [1.54, 1.807) is 0 Å². The Morgan fingerprint density at radius 2 is 1.91 bits per heavy atom. The molecule has 3 heterocycles. The summed E-state index contributed by atoms with van der Waals surface area (Å²) in [6.45, 7) is 3.31. The first-order valence-electron chi connectivity index (χ1n) is 8.69. The summed E-state index contributed by atoms with van der Waals surface area (Å²) < 4.78 is 16.6. The molecule has 3 saturated heterocycles. The lowest BCUT2D eigenvalue weighted by atomic mass is 9.73. The monoisotopic (exact) mass is 310 g/mol. The molecule has 2 unspecified atom stereocenters. The Bertz CT molecular complexity index is 435. The summed E-state index contributed by atoms with van der Waals surface area (Å²) in [6, 6.07) is 0. The van der Waals surface area contributed by atoms with Crippen LogP contribution < -0.4 is 0 Å². The number of carbonyl (C=O) groups excluding carboxylic acids is 2. The van der Waals surface area contributed by atoms with Crippen molar-refractivity contribution in [3.05, 3.63) is 0 Å². The van der Waals surface area contributed by atoms with E-state index in [-0.39, 0.29) is 12.0 Å². The highest BCUT2D eigenvalue weighted by atomic mass is 16.6. The zero-order chi connectivity index (χ0) is 15.6. The highest BCUT2D eigenvalue weighted by Crippen LogP contribution is 2.54. The maximum atomic E-state index is 11.9. The van der Waals surface area contributed by atoms with Gasteiger partial charge in [-0.15, -0.1) is 0 Å². The maximum absolute atomic E-state index is 11.9. The van der Waals surface area contributed by atoms with Crippen molar-refractivity contribution in [1.29, 1.82) is 0 Å². The lowest BCUT2D eigenvalue weighted by Crippen LogP contribution is -2.44. The predicted molar refractivity (Wildman–Crippen MR) is 79.1 cm³/mol. The Balaban J connectivity index is 1.43. The van der Waals surface area contributed by atoms with Crippen molar-refractivity contribution >= 4 is 11.9 Å². The molecule has 0 aromatic rings. The number of unbranched alkanes of at least 4 members (excludes halogenated alkanes) is 5. The Morgan fingerprint density at radius 3 is 2.73 bits per heavy atom. The number of cyclic esters (lactones) is 2. The minimum atomic E-state index is -0.610. The Morgan fingerprint density at radius 1 is 1.14 bits per heavy atom. The second kappa shape index (κ2) is 6.67. The van der Waals surface area contributed by atoms with Crippen molar-refractivity contribution in [1.82, 2.24) is 0 Å². The van der Waals surface area contributed by atoms with Crippen molar-refractivity contribution in [2.45, 2.75) is 70.0 Å². The number of hydrogen-bond donors (Lipinski definition) is 0. The third-order valence-electron chi connectivity index (χ3n) is 5.28. The molecule has 5 heteroatoms. The van der Waals surface area contributed by atoms with E-state index in [0.29, 0.717) is 13.2 Å². The molecule has 0 aromatic heterocycles. The number of ether oxygens (including phenoxy) is 3. The van der Waals surface area contributed by atoms with Crippen LogP contribution in [-0.2, 0) is 23.8 Å². The Labute approximate surface area is 131 Å². The molecule has 0 aromatic carbocycles. The number of rotatable bonds is 9. The normalized spacial score (nSPS) is 36.0. The highest BCUT2D eigenvalue weighted by Gasteiger charge is 2.69. The molecular formula is C17H26O5. The van der Waals surface area contributed by atoms with Gasteiger partial charge in [0.05, 0.1) is 18.6 Å². The maximum Gasteiger partial charge on any atom is 0.320 e. The molecule has 124 valence electrons. The molecule has 5 nitrogen and oxygen atoms in total.